The van der Waals surface area contributed by atoms with Crippen molar-refractivity contribution >= 4 is 12.4 Å². The highest BCUT2D eigenvalue weighted by atomic mass is 16.3. The Morgan fingerprint density at radius 2 is 1.13 bits per heavy atom. The molecule has 0 fully saturated rings. The zero-order valence-corrected chi connectivity index (χ0v) is 23.2. The SMILES string of the molecule is Cc1cc(C)c(CC(N=Cc2ccccc2O)c2c(C)cc(C)cc2C)c(C)c1.N=Cc1ccccc1O. The molecule has 0 amide bonds. The van der Waals surface area contributed by atoms with E-state index in [4.69, 9.17) is 15.5 Å². The van der Waals surface area contributed by atoms with Crippen LogP contribution in [0.15, 0.2) is 77.8 Å². The number of hydrogen-bond donors (Lipinski definition) is 3. The molecule has 4 heteroatoms. The van der Waals surface area contributed by atoms with E-state index in [-0.39, 0.29) is 17.5 Å². The van der Waals surface area contributed by atoms with Crippen molar-refractivity contribution in [3.8, 4) is 11.5 Å². The Balaban J connectivity index is 0.000000375. The molecule has 1 unspecified atom stereocenters. The van der Waals surface area contributed by atoms with Crippen LogP contribution in [-0.2, 0) is 6.42 Å². The van der Waals surface area contributed by atoms with Crippen LogP contribution in [0, 0.1) is 47.0 Å². The van der Waals surface area contributed by atoms with E-state index in [1.54, 1.807) is 30.3 Å². The van der Waals surface area contributed by atoms with Crippen LogP contribution in [0.2, 0.25) is 0 Å². The van der Waals surface area contributed by atoms with E-state index >= 15 is 0 Å². The number of phenolic OH excluding ortho intramolecular Hbond substituents is 2. The van der Waals surface area contributed by atoms with Gasteiger partial charge >= 0.3 is 0 Å². The first-order valence-corrected chi connectivity index (χ1v) is 12.8. The van der Waals surface area contributed by atoms with Gasteiger partial charge in [0.05, 0.1) is 6.04 Å². The number of hydrogen-bond acceptors (Lipinski definition) is 4. The largest absolute Gasteiger partial charge is 0.507 e. The Morgan fingerprint density at radius 1 is 0.684 bits per heavy atom. The van der Waals surface area contributed by atoms with E-state index in [2.05, 4.69) is 65.8 Å². The summed E-state index contributed by atoms with van der Waals surface area (Å²) >= 11 is 0. The van der Waals surface area contributed by atoms with E-state index in [9.17, 15) is 5.11 Å². The smallest absolute Gasteiger partial charge is 0.124 e. The summed E-state index contributed by atoms with van der Waals surface area (Å²) in [6, 6.07) is 23.1. The second kappa shape index (κ2) is 12.9. The number of rotatable bonds is 6. The van der Waals surface area contributed by atoms with Crippen LogP contribution in [0.5, 0.6) is 11.5 Å². The fourth-order valence-electron chi connectivity index (χ4n) is 5.05. The third-order valence-corrected chi connectivity index (χ3v) is 6.73. The summed E-state index contributed by atoms with van der Waals surface area (Å²) in [7, 11) is 0. The number of aromatic hydroxyl groups is 2. The molecule has 4 nitrogen and oxygen atoms in total. The van der Waals surface area contributed by atoms with Crippen molar-refractivity contribution in [3.05, 3.63) is 128 Å². The zero-order valence-electron chi connectivity index (χ0n) is 23.2. The van der Waals surface area contributed by atoms with Gasteiger partial charge in [-0.05, 0) is 106 Å². The monoisotopic (exact) mass is 506 g/mol. The van der Waals surface area contributed by atoms with Gasteiger partial charge in [-0.3, -0.25) is 4.99 Å². The summed E-state index contributed by atoms with van der Waals surface area (Å²) in [6.07, 6.45) is 3.78. The lowest BCUT2D eigenvalue weighted by atomic mass is 9.87. The first kappa shape index (κ1) is 28.4. The van der Waals surface area contributed by atoms with Crippen LogP contribution in [-0.4, -0.2) is 22.6 Å². The van der Waals surface area contributed by atoms with E-state index in [1.807, 2.05) is 24.4 Å². The minimum Gasteiger partial charge on any atom is -0.507 e. The van der Waals surface area contributed by atoms with Gasteiger partial charge in [0.25, 0.3) is 0 Å². The highest BCUT2D eigenvalue weighted by molar-refractivity contribution is 5.83. The summed E-state index contributed by atoms with van der Waals surface area (Å²) < 4.78 is 0. The summed E-state index contributed by atoms with van der Waals surface area (Å²) in [5.74, 6) is 0.419. The summed E-state index contributed by atoms with van der Waals surface area (Å²) in [4.78, 5) is 4.99. The number of nitrogens with one attached hydrogen (secondary N) is 1. The fraction of sp³-hybridized carbons (Fsp3) is 0.235. The van der Waals surface area contributed by atoms with Gasteiger partial charge in [0.1, 0.15) is 11.5 Å². The molecule has 0 bridgehead atoms. The van der Waals surface area contributed by atoms with Crippen molar-refractivity contribution < 1.29 is 10.2 Å². The summed E-state index contributed by atoms with van der Waals surface area (Å²) in [5, 5.41) is 25.9. The molecule has 0 heterocycles. The molecule has 0 saturated heterocycles. The molecule has 0 aliphatic rings. The molecular formula is C34H38N2O2. The van der Waals surface area contributed by atoms with Gasteiger partial charge in [0.2, 0.25) is 0 Å². The quantitative estimate of drug-likeness (QED) is 0.231. The molecule has 3 N–H and O–H groups in total. The Kier molecular flexibility index (Phi) is 9.61. The van der Waals surface area contributed by atoms with Crippen molar-refractivity contribution in [1.29, 1.82) is 5.41 Å². The summed E-state index contributed by atoms with van der Waals surface area (Å²) in [6.45, 7) is 13.0. The molecule has 4 rings (SSSR count). The van der Waals surface area contributed by atoms with Crippen molar-refractivity contribution in [2.75, 3.05) is 0 Å². The average molecular weight is 507 g/mol. The van der Waals surface area contributed by atoms with Crippen LogP contribution in [0.25, 0.3) is 0 Å². The predicted octanol–water partition coefficient (Wildman–Crippen LogP) is 8.04. The molecule has 0 aliphatic carbocycles. The Labute approximate surface area is 226 Å². The van der Waals surface area contributed by atoms with E-state index < -0.39 is 0 Å². The lowest BCUT2D eigenvalue weighted by molar-refractivity contribution is 0.474. The first-order chi connectivity index (χ1) is 18.1. The second-order valence-electron chi connectivity index (χ2n) is 9.95. The number of nitrogens with zero attached hydrogens (tertiary/aromatic N) is 1. The normalized spacial score (nSPS) is 11.6. The fourth-order valence-corrected chi connectivity index (χ4v) is 5.05. The lowest BCUT2D eigenvalue weighted by Gasteiger charge is -2.21. The molecule has 1 atom stereocenters. The van der Waals surface area contributed by atoms with Gasteiger partial charge in [-0.15, -0.1) is 0 Å². The number of aryl methyl sites for hydroxylation is 6. The molecule has 0 spiro atoms. The number of aliphatic imine (C=N–C) groups is 1. The number of para-hydroxylation sites is 2. The second-order valence-corrected chi connectivity index (χ2v) is 9.95. The highest BCUT2D eigenvalue weighted by Gasteiger charge is 2.18. The Hall–Kier alpha value is -4.18. The van der Waals surface area contributed by atoms with Crippen LogP contribution >= 0.6 is 0 Å². The zero-order chi connectivity index (χ0) is 27.8. The maximum atomic E-state index is 10.2. The minimum absolute atomic E-state index is 0.00434. The van der Waals surface area contributed by atoms with Crippen LogP contribution in [0.1, 0.15) is 61.7 Å². The van der Waals surface area contributed by atoms with Crippen LogP contribution < -0.4 is 0 Å². The van der Waals surface area contributed by atoms with Crippen molar-refractivity contribution in [3.63, 3.8) is 0 Å². The molecule has 0 aromatic heterocycles. The van der Waals surface area contributed by atoms with E-state index in [0.29, 0.717) is 5.56 Å². The van der Waals surface area contributed by atoms with Gasteiger partial charge in [0, 0.05) is 23.6 Å². The molecule has 0 saturated carbocycles. The molecular weight excluding hydrogens is 468 g/mol. The molecule has 196 valence electrons. The van der Waals surface area contributed by atoms with Gasteiger partial charge in [0.15, 0.2) is 0 Å². The van der Waals surface area contributed by atoms with Crippen LogP contribution in [0.3, 0.4) is 0 Å². The third kappa shape index (κ3) is 7.19. The van der Waals surface area contributed by atoms with Gasteiger partial charge in [-0.2, -0.15) is 0 Å². The Morgan fingerprint density at radius 3 is 1.58 bits per heavy atom. The van der Waals surface area contributed by atoms with Crippen molar-refractivity contribution in [2.45, 2.75) is 54.0 Å². The van der Waals surface area contributed by atoms with Crippen molar-refractivity contribution in [1.82, 2.24) is 0 Å². The van der Waals surface area contributed by atoms with E-state index in [1.165, 1.54) is 44.5 Å². The van der Waals surface area contributed by atoms with Crippen LogP contribution in [0.4, 0.5) is 0 Å². The lowest BCUT2D eigenvalue weighted by Crippen LogP contribution is -2.08. The van der Waals surface area contributed by atoms with Gasteiger partial charge in [-0.1, -0.05) is 59.7 Å². The van der Waals surface area contributed by atoms with E-state index in [0.717, 1.165) is 18.2 Å². The molecule has 4 aromatic carbocycles. The molecule has 38 heavy (non-hydrogen) atoms. The number of phenols is 2. The molecule has 0 radical (unpaired) electrons. The standard InChI is InChI=1S/C27H31NO.C7H7NO/c1-17-11-19(3)24(20(4)12-17)15-25(27-21(5)13-18(2)14-22(27)6)28-16-23-9-7-8-10-26(23)29;8-5-6-3-1-2-4-7(6)9/h7-14,16,25,29H,15H2,1-6H3;1-5,8-9H. The maximum Gasteiger partial charge on any atom is 0.124 e. The average Bonchev–Trinajstić information content (AvgIpc) is 2.85. The van der Waals surface area contributed by atoms with Crippen molar-refractivity contribution in [2.24, 2.45) is 4.99 Å². The summed E-state index contributed by atoms with van der Waals surface area (Å²) in [5.41, 5.74) is 11.7. The third-order valence-electron chi connectivity index (χ3n) is 6.73. The first-order valence-electron chi connectivity index (χ1n) is 12.8. The van der Waals surface area contributed by atoms with Gasteiger partial charge in [-0.25, -0.2) is 0 Å². The maximum absolute atomic E-state index is 10.2. The topological polar surface area (TPSA) is 76.7 Å². The predicted molar refractivity (Wildman–Crippen MR) is 159 cm³/mol. The highest BCUT2D eigenvalue weighted by Crippen LogP contribution is 2.32. The minimum atomic E-state index is -0.00434. The molecule has 4 aromatic rings. The molecule has 0 aliphatic heterocycles. The van der Waals surface area contributed by atoms with Gasteiger partial charge < -0.3 is 15.6 Å². The number of benzene rings is 4. The Bertz CT molecular complexity index is 1410.